The number of nitrogens with one attached hydrogen (secondary N) is 1. The number of aryl methyl sites for hydroxylation is 1. The highest BCUT2D eigenvalue weighted by molar-refractivity contribution is 7.13. The third-order valence-electron chi connectivity index (χ3n) is 4.18. The van der Waals surface area contributed by atoms with Crippen LogP contribution in [0, 0.1) is 12.8 Å². The fraction of sp³-hybridized carbons (Fsp3) is 0.400. The van der Waals surface area contributed by atoms with Gasteiger partial charge >= 0.3 is 0 Å². The third-order valence-corrected chi connectivity index (χ3v) is 4.87. The molecule has 1 atom stereocenters. The van der Waals surface area contributed by atoms with Gasteiger partial charge in [-0.15, -0.1) is 11.3 Å². The van der Waals surface area contributed by atoms with Crippen LogP contribution in [0.5, 0.6) is 0 Å². The van der Waals surface area contributed by atoms with Crippen LogP contribution < -0.4 is 10.2 Å². The van der Waals surface area contributed by atoms with Crippen LogP contribution in [0.25, 0.3) is 11.1 Å². The Labute approximate surface area is 141 Å². The molecule has 0 radical (unpaired) electrons. The van der Waals surface area contributed by atoms with Gasteiger partial charge in [-0.05, 0) is 19.8 Å². The summed E-state index contributed by atoms with van der Waals surface area (Å²) in [7, 11) is 0. The highest BCUT2D eigenvalue weighted by atomic mass is 32.1. The van der Waals surface area contributed by atoms with E-state index in [9.17, 15) is 4.79 Å². The van der Waals surface area contributed by atoms with Gasteiger partial charge in [-0.1, -0.05) is 5.16 Å². The average molecular weight is 344 g/mol. The topological polar surface area (TPSA) is 97.0 Å². The minimum absolute atomic E-state index is 0.00184. The predicted molar refractivity (Wildman–Crippen MR) is 90.0 cm³/mol. The van der Waals surface area contributed by atoms with Crippen LogP contribution in [0.3, 0.4) is 0 Å². The van der Waals surface area contributed by atoms with Crippen molar-refractivity contribution in [2.24, 2.45) is 5.92 Å². The summed E-state index contributed by atoms with van der Waals surface area (Å²) in [6.45, 7) is 3.32. The number of fused-ring (bicyclic) bond motifs is 1. The van der Waals surface area contributed by atoms with E-state index in [2.05, 4.69) is 30.3 Å². The minimum Gasteiger partial charge on any atom is -0.355 e. The standard InChI is InChI=1S/C15H16N6O2S/c1-9-11-12(17-8-18-14(11)23-20-9)21-5-2-3-10(7-21)13(22)19-15-16-4-6-24-15/h4,6,8,10H,2-3,5,7H2,1H3,(H,16,19,22)/t10-/m1/s1. The highest BCUT2D eigenvalue weighted by Crippen LogP contribution is 2.29. The first-order valence-corrected chi connectivity index (χ1v) is 8.62. The highest BCUT2D eigenvalue weighted by Gasteiger charge is 2.29. The van der Waals surface area contributed by atoms with Gasteiger partial charge in [0.2, 0.25) is 5.91 Å². The number of hydrogen-bond acceptors (Lipinski definition) is 8. The summed E-state index contributed by atoms with van der Waals surface area (Å²) < 4.78 is 5.21. The lowest BCUT2D eigenvalue weighted by Gasteiger charge is -2.32. The van der Waals surface area contributed by atoms with Crippen LogP contribution in [0.4, 0.5) is 10.9 Å². The molecule has 1 aliphatic rings. The fourth-order valence-electron chi connectivity index (χ4n) is 3.02. The predicted octanol–water partition coefficient (Wildman–Crippen LogP) is 2.24. The molecule has 0 saturated carbocycles. The molecular formula is C15H16N6O2S. The van der Waals surface area contributed by atoms with Gasteiger partial charge in [0.15, 0.2) is 5.13 Å². The van der Waals surface area contributed by atoms with Crippen LogP contribution in [0.15, 0.2) is 22.4 Å². The molecule has 0 unspecified atom stereocenters. The number of anilines is 2. The van der Waals surface area contributed by atoms with E-state index in [0.29, 0.717) is 17.4 Å². The molecule has 0 aromatic carbocycles. The Morgan fingerprint density at radius 3 is 3.17 bits per heavy atom. The van der Waals surface area contributed by atoms with Crippen molar-refractivity contribution in [1.29, 1.82) is 0 Å². The molecule has 0 spiro atoms. The molecule has 1 fully saturated rings. The normalized spacial score (nSPS) is 18.0. The third kappa shape index (κ3) is 2.71. The molecule has 4 rings (SSSR count). The molecule has 3 aromatic heterocycles. The molecule has 9 heteroatoms. The summed E-state index contributed by atoms with van der Waals surface area (Å²) >= 11 is 1.42. The molecule has 24 heavy (non-hydrogen) atoms. The Balaban J connectivity index is 1.56. The molecule has 1 N–H and O–H groups in total. The van der Waals surface area contributed by atoms with Crippen molar-refractivity contribution in [2.75, 3.05) is 23.3 Å². The molecule has 124 valence electrons. The van der Waals surface area contributed by atoms with Crippen molar-refractivity contribution in [3.8, 4) is 0 Å². The van der Waals surface area contributed by atoms with Gasteiger partial charge < -0.3 is 14.7 Å². The Morgan fingerprint density at radius 1 is 1.42 bits per heavy atom. The van der Waals surface area contributed by atoms with Gasteiger partial charge in [0.25, 0.3) is 5.71 Å². The first kappa shape index (κ1) is 15.0. The molecule has 0 bridgehead atoms. The fourth-order valence-corrected chi connectivity index (χ4v) is 3.55. The molecule has 3 aromatic rings. The number of nitrogens with zero attached hydrogens (tertiary/aromatic N) is 5. The second-order valence-corrected chi connectivity index (χ2v) is 6.65. The monoisotopic (exact) mass is 344 g/mol. The Morgan fingerprint density at radius 2 is 2.33 bits per heavy atom. The summed E-state index contributed by atoms with van der Waals surface area (Å²) in [6, 6.07) is 0. The molecule has 4 heterocycles. The maximum atomic E-state index is 12.5. The summed E-state index contributed by atoms with van der Waals surface area (Å²) in [5, 5.41) is 10.1. The maximum Gasteiger partial charge on any atom is 0.263 e. The van der Waals surface area contributed by atoms with Crippen molar-refractivity contribution in [3.05, 3.63) is 23.6 Å². The summed E-state index contributed by atoms with van der Waals surface area (Å²) in [6.07, 6.45) is 4.93. The van der Waals surface area contributed by atoms with E-state index in [1.165, 1.54) is 17.7 Å². The first-order chi connectivity index (χ1) is 11.7. The van der Waals surface area contributed by atoms with Gasteiger partial charge in [-0.3, -0.25) is 4.79 Å². The van der Waals surface area contributed by atoms with Crippen LogP contribution in [-0.4, -0.2) is 39.1 Å². The number of carbonyl (C=O) groups excluding carboxylic acids is 1. The number of amides is 1. The van der Waals surface area contributed by atoms with Gasteiger partial charge in [0.05, 0.1) is 11.6 Å². The minimum atomic E-state index is -0.104. The van der Waals surface area contributed by atoms with Gasteiger partial charge in [0.1, 0.15) is 17.5 Å². The van der Waals surface area contributed by atoms with E-state index in [1.807, 2.05) is 12.3 Å². The number of hydrogen-bond donors (Lipinski definition) is 1. The van der Waals surface area contributed by atoms with Gasteiger partial charge in [0, 0.05) is 24.7 Å². The number of rotatable bonds is 3. The molecule has 1 aliphatic heterocycles. The maximum absolute atomic E-state index is 12.5. The molecule has 1 saturated heterocycles. The van der Waals surface area contributed by atoms with E-state index in [0.717, 1.165) is 36.3 Å². The van der Waals surface area contributed by atoms with Crippen molar-refractivity contribution in [1.82, 2.24) is 20.1 Å². The van der Waals surface area contributed by atoms with Crippen molar-refractivity contribution >= 4 is 39.3 Å². The van der Waals surface area contributed by atoms with Crippen LogP contribution in [0.1, 0.15) is 18.5 Å². The van der Waals surface area contributed by atoms with E-state index in [1.54, 1.807) is 6.20 Å². The van der Waals surface area contributed by atoms with Crippen LogP contribution in [0.2, 0.25) is 0 Å². The lowest BCUT2D eigenvalue weighted by molar-refractivity contribution is -0.120. The largest absolute Gasteiger partial charge is 0.355 e. The number of aromatic nitrogens is 4. The summed E-state index contributed by atoms with van der Waals surface area (Å²) in [5.74, 6) is 0.681. The van der Waals surface area contributed by atoms with Gasteiger partial charge in [-0.25, -0.2) is 9.97 Å². The van der Waals surface area contributed by atoms with Crippen molar-refractivity contribution in [2.45, 2.75) is 19.8 Å². The second kappa shape index (κ2) is 6.16. The average Bonchev–Trinajstić information content (AvgIpc) is 3.25. The van der Waals surface area contributed by atoms with Crippen LogP contribution >= 0.6 is 11.3 Å². The van der Waals surface area contributed by atoms with Crippen LogP contribution in [-0.2, 0) is 4.79 Å². The second-order valence-electron chi connectivity index (χ2n) is 5.76. The smallest absolute Gasteiger partial charge is 0.263 e. The Hall–Kier alpha value is -2.55. The Bertz CT molecular complexity index is 862. The lowest BCUT2D eigenvalue weighted by atomic mass is 9.97. The SMILES string of the molecule is Cc1noc2ncnc(N3CCC[C@@H](C(=O)Nc4nccs4)C3)c12. The summed E-state index contributed by atoms with van der Waals surface area (Å²) in [4.78, 5) is 27.2. The molecule has 1 amide bonds. The Kier molecular flexibility index (Phi) is 3.85. The van der Waals surface area contributed by atoms with Crippen molar-refractivity contribution < 1.29 is 9.32 Å². The number of piperidine rings is 1. The zero-order valence-corrected chi connectivity index (χ0v) is 13.9. The summed E-state index contributed by atoms with van der Waals surface area (Å²) in [5.41, 5.74) is 1.24. The number of carbonyl (C=O) groups is 1. The van der Waals surface area contributed by atoms with Gasteiger partial charge in [-0.2, -0.15) is 4.98 Å². The zero-order valence-electron chi connectivity index (χ0n) is 13.1. The molecule has 8 nitrogen and oxygen atoms in total. The van der Waals surface area contributed by atoms with Crippen molar-refractivity contribution in [3.63, 3.8) is 0 Å². The first-order valence-electron chi connectivity index (χ1n) is 7.74. The number of thiazole rings is 1. The van der Waals surface area contributed by atoms with E-state index in [-0.39, 0.29) is 11.8 Å². The molecule has 0 aliphatic carbocycles. The quantitative estimate of drug-likeness (QED) is 0.778. The lowest BCUT2D eigenvalue weighted by Crippen LogP contribution is -2.41. The van der Waals surface area contributed by atoms with E-state index < -0.39 is 0 Å². The molecular weight excluding hydrogens is 328 g/mol. The zero-order chi connectivity index (χ0) is 16.5. The van der Waals surface area contributed by atoms with E-state index >= 15 is 0 Å². The van der Waals surface area contributed by atoms with E-state index in [4.69, 9.17) is 4.52 Å².